The third-order valence-electron chi connectivity index (χ3n) is 4.50. The summed E-state index contributed by atoms with van der Waals surface area (Å²) >= 11 is 1.22. The number of nitrogens with zero attached hydrogens (tertiary/aromatic N) is 2. The molecule has 0 radical (unpaired) electrons. The highest BCUT2D eigenvalue weighted by molar-refractivity contribution is 7.99. The highest BCUT2D eigenvalue weighted by Gasteiger charge is 2.13. The maximum Gasteiger partial charge on any atom is 0.262 e. The van der Waals surface area contributed by atoms with Gasteiger partial charge in [0.1, 0.15) is 5.82 Å². The molecule has 0 saturated carbocycles. The van der Waals surface area contributed by atoms with E-state index in [1.807, 2.05) is 12.1 Å². The number of carbonyl (C=O) groups is 1. The van der Waals surface area contributed by atoms with Crippen LogP contribution in [0.25, 0.3) is 10.9 Å². The molecule has 0 spiro atoms. The van der Waals surface area contributed by atoms with Gasteiger partial charge >= 0.3 is 0 Å². The third-order valence-corrected chi connectivity index (χ3v) is 5.48. The number of para-hydroxylation sites is 1. The number of thioether (sulfide) groups is 1. The molecule has 0 unspecified atom stereocenters. The lowest BCUT2D eigenvalue weighted by molar-refractivity contribution is -0.113. The average molecular weight is 414 g/mol. The van der Waals surface area contributed by atoms with E-state index in [0.29, 0.717) is 28.3 Å². The van der Waals surface area contributed by atoms with E-state index in [0.717, 1.165) is 25.7 Å². The number of unbranched alkanes of at least 4 members (excludes halogenated alkanes) is 3. The highest BCUT2D eigenvalue weighted by atomic mass is 32.2. The highest BCUT2D eigenvalue weighted by Crippen LogP contribution is 2.19. The van der Waals surface area contributed by atoms with Gasteiger partial charge in [-0.3, -0.25) is 14.2 Å². The van der Waals surface area contributed by atoms with E-state index in [1.54, 1.807) is 22.8 Å². The van der Waals surface area contributed by atoms with Gasteiger partial charge in [-0.05, 0) is 36.8 Å². The number of amides is 1. The standard InChI is InChI=1S/C22H24FN3O2S/c1-2-3-4-7-13-26-21(28)18-11-5-6-12-19(18)25-22(26)29-15-20(27)24-17-10-8-9-16(23)14-17/h5-6,8-12,14H,2-4,7,13,15H2,1H3,(H,24,27). The van der Waals surface area contributed by atoms with Gasteiger partial charge in [-0.2, -0.15) is 0 Å². The summed E-state index contributed by atoms with van der Waals surface area (Å²) in [7, 11) is 0. The molecule has 0 aliphatic carbocycles. The van der Waals surface area contributed by atoms with E-state index in [4.69, 9.17) is 0 Å². The smallest absolute Gasteiger partial charge is 0.262 e. The second kappa shape index (κ2) is 10.2. The minimum atomic E-state index is -0.410. The number of aromatic nitrogens is 2. The molecule has 0 bridgehead atoms. The van der Waals surface area contributed by atoms with Crippen molar-refractivity contribution in [1.29, 1.82) is 0 Å². The number of benzene rings is 2. The molecule has 152 valence electrons. The molecular weight excluding hydrogens is 389 g/mol. The predicted molar refractivity (Wildman–Crippen MR) is 116 cm³/mol. The summed E-state index contributed by atoms with van der Waals surface area (Å²) in [4.78, 5) is 29.9. The van der Waals surface area contributed by atoms with Gasteiger partial charge < -0.3 is 5.32 Å². The third kappa shape index (κ3) is 5.67. The van der Waals surface area contributed by atoms with Crippen LogP contribution in [0.2, 0.25) is 0 Å². The SMILES string of the molecule is CCCCCCn1c(SCC(=O)Nc2cccc(F)c2)nc2ccccc2c1=O. The monoisotopic (exact) mass is 413 g/mol. The van der Waals surface area contributed by atoms with Gasteiger partial charge in [0.15, 0.2) is 5.16 Å². The molecule has 3 rings (SSSR count). The van der Waals surface area contributed by atoms with Crippen molar-refractivity contribution in [1.82, 2.24) is 9.55 Å². The zero-order valence-corrected chi connectivity index (χ0v) is 17.2. The number of carbonyl (C=O) groups excluding carboxylic acids is 1. The second-order valence-corrected chi connectivity index (χ2v) is 7.72. The summed E-state index contributed by atoms with van der Waals surface area (Å²) in [6, 6.07) is 13.0. The van der Waals surface area contributed by atoms with Gasteiger partial charge in [0, 0.05) is 12.2 Å². The number of hydrogen-bond donors (Lipinski definition) is 1. The fraction of sp³-hybridized carbons (Fsp3) is 0.318. The minimum absolute atomic E-state index is 0.0796. The number of fused-ring (bicyclic) bond motifs is 1. The van der Waals surface area contributed by atoms with Gasteiger partial charge in [0.25, 0.3) is 5.56 Å². The van der Waals surface area contributed by atoms with Crippen molar-refractivity contribution in [2.75, 3.05) is 11.1 Å². The van der Waals surface area contributed by atoms with Crippen LogP contribution in [0.1, 0.15) is 32.6 Å². The van der Waals surface area contributed by atoms with E-state index in [-0.39, 0.29) is 17.2 Å². The summed E-state index contributed by atoms with van der Waals surface area (Å²) < 4.78 is 14.9. The van der Waals surface area contributed by atoms with Crippen molar-refractivity contribution in [3.8, 4) is 0 Å². The van der Waals surface area contributed by atoms with E-state index < -0.39 is 5.82 Å². The Morgan fingerprint density at radius 3 is 2.76 bits per heavy atom. The van der Waals surface area contributed by atoms with Crippen molar-refractivity contribution in [2.24, 2.45) is 0 Å². The number of halogens is 1. The van der Waals surface area contributed by atoms with Crippen LogP contribution in [0, 0.1) is 5.82 Å². The lowest BCUT2D eigenvalue weighted by Gasteiger charge is -2.13. The van der Waals surface area contributed by atoms with Gasteiger partial charge in [-0.1, -0.05) is 56.1 Å². The van der Waals surface area contributed by atoms with E-state index in [9.17, 15) is 14.0 Å². The fourth-order valence-electron chi connectivity index (χ4n) is 3.05. The molecule has 7 heteroatoms. The Hall–Kier alpha value is -2.67. The summed E-state index contributed by atoms with van der Waals surface area (Å²) in [5, 5.41) is 3.78. The first-order chi connectivity index (χ1) is 14.1. The van der Waals surface area contributed by atoms with Crippen molar-refractivity contribution in [3.63, 3.8) is 0 Å². The van der Waals surface area contributed by atoms with Crippen LogP contribution in [-0.2, 0) is 11.3 Å². The van der Waals surface area contributed by atoms with Gasteiger partial charge in [0.2, 0.25) is 5.91 Å². The Bertz CT molecular complexity index is 1050. The Labute approximate surface area is 173 Å². The Morgan fingerprint density at radius 1 is 1.14 bits per heavy atom. The van der Waals surface area contributed by atoms with E-state index in [1.165, 1.54) is 30.0 Å². The van der Waals surface area contributed by atoms with Gasteiger partial charge in [-0.25, -0.2) is 9.37 Å². The van der Waals surface area contributed by atoms with Crippen LogP contribution in [0.4, 0.5) is 10.1 Å². The largest absolute Gasteiger partial charge is 0.325 e. The molecule has 0 aliphatic rings. The predicted octanol–water partition coefficient (Wildman–Crippen LogP) is 4.85. The number of rotatable bonds is 9. The molecule has 2 aromatic carbocycles. The zero-order valence-electron chi connectivity index (χ0n) is 16.4. The molecule has 0 fully saturated rings. The number of hydrogen-bond acceptors (Lipinski definition) is 4. The summed E-state index contributed by atoms with van der Waals surface area (Å²) in [5.41, 5.74) is 0.939. The van der Waals surface area contributed by atoms with Crippen LogP contribution in [0.3, 0.4) is 0 Å². The van der Waals surface area contributed by atoms with Crippen LogP contribution >= 0.6 is 11.8 Å². The molecule has 3 aromatic rings. The Balaban J connectivity index is 1.77. The first-order valence-electron chi connectivity index (χ1n) is 9.76. The van der Waals surface area contributed by atoms with Crippen molar-refractivity contribution in [3.05, 3.63) is 64.7 Å². The zero-order chi connectivity index (χ0) is 20.6. The molecule has 1 heterocycles. The molecule has 1 N–H and O–H groups in total. The quantitative estimate of drug-likeness (QED) is 0.310. The van der Waals surface area contributed by atoms with Gasteiger partial charge in [-0.15, -0.1) is 0 Å². The molecule has 0 atom stereocenters. The van der Waals surface area contributed by atoms with Crippen LogP contribution in [0.15, 0.2) is 58.5 Å². The van der Waals surface area contributed by atoms with Crippen LogP contribution in [-0.4, -0.2) is 21.2 Å². The summed E-state index contributed by atoms with van der Waals surface area (Å²) in [6.07, 6.45) is 4.16. The molecule has 5 nitrogen and oxygen atoms in total. The summed E-state index contributed by atoms with van der Waals surface area (Å²) in [5.74, 6) is -0.607. The lowest BCUT2D eigenvalue weighted by Crippen LogP contribution is -2.24. The number of anilines is 1. The van der Waals surface area contributed by atoms with Gasteiger partial charge in [0.05, 0.1) is 16.7 Å². The topological polar surface area (TPSA) is 64.0 Å². The van der Waals surface area contributed by atoms with E-state index >= 15 is 0 Å². The van der Waals surface area contributed by atoms with Crippen molar-refractivity contribution < 1.29 is 9.18 Å². The normalized spacial score (nSPS) is 11.0. The second-order valence-electron chi connectivity index (χ2n) is 6.78. The average Bonchev–Trinajstić information content (AvgIpc) is 2.71. The first-order valence-corrected chi connectivity index (χ1v) is 10.7. The van der Waals surface area contributed by atoms with Crippen LogP contribution in [0.5, 0.6) is 0 Å². The Morgan fingerprint density at radius 2 is 1.97 bits per heavy atom. The molecule has 1 aromatic heterocycles. The van der Waals surface area contributed by atoms with E-state index in [2.05, 4.69) is 17.2 Å². The molecular formula is C22H24FN3O2S. The Kier molecular flexibility index (Phi) is 7.41. The van der Waals surface area contributed by atoms with Crippen molar-refractivity contribution >= 4 is 34.3 Å². The first kappa shape index (κ1) is 21.0. The molecule has 0 aliphatic heterocycles. The molecule has 29 heavy (non-hydrogen) atoms. The molecule has 0 saturated heterocycles. The molecule has 1 amide bonds. The lowest BCUT2D eigenvalue weighted by atomic mass is 10.2. The van der Waals surface area contributed by atoms with Crippen molar-refractivity contribution in [2.45, 2.75) is 44.3 Å². The minimum Gasteiger partial charge on any atom is -0.325 e. The fourth-order valence-corrected chi connectivity index (χ4v) is 3.87. The maximum absolute atomic E-state index is 13.3. The maximum atomic E-state index is 13.3. The number of nitrogens with one attached hydrogen (secondary N) is 1. The summed E-state index contributed by atoms with van der Waals surface area (Å²) in [6.45, 7) is 2.72. The van der Waals surface area contributed by atoms with Crippen LogP contribution < -0.4 is 10.9 Å².